The minimum atomic E-state index is -3.93. The Hall–Kier alpha value is -3.48. The average molecular weight is 487 g/mol. The first-order valence-corrected chi connectivity index (χ1v) is 13.4. The minimum absolute atomic E-state index is 0.171. The second-order valence-corrected chi connectivity index (χ2v) is 10.3. The Labute approximate surface area is 207 Å². The molecule has 0 aromatic heterocycles. The summed E-state index contributed by atoms with van der Waals surface area (Å²) in [6.45, 7) is 0.493. The van der Waals surface area contributed by atoms with Gasteiger partial charge in [0.15, 0.2) is 0 Å². The Bertz CT molecular complexity index is 1350. The van der Waals surface area contributed by atoms with E-state index in [4.69, 9.17) is 0 Å². The highest BCUT2D eigenvalue weighted by molar-refractivity contribution is 7.89. The number of unbranched alkanes of at least 4 members (excludes halogenated alkanes) is 1. The number of nitrogens with one attached hydrogen (secondary N) is 2. The molecule has 2 N–H and O–H groups in total. The van der Waals surface area contributed by atoms with E-state index < -0.39 is 16.1 Å². The molecule has 4 aromatic carbocycles. The van der Waals surface area contributed by atoms with Crippen molar-refractivity contribution in [2.75, 3.05) is 6.54 Å². The number of fused-ring (bicyclic) bond motifs is 1. The summed E-state index contributed by atoms with van der Waals surface area (Å²) in [7, 11) is -3.93. The zero-order valence-corrected chi connectivity index (χ0v) is 20.4. The normalized spacial score (nSPS) is 12.3. The van der Waals surface area contributed by atoms with Gasteiger partial charge in [-0.1, -0.05) is 97.1 Å². The van der Waals surface area contributed by atoms with Crippen LogP contribution < -0.4 is 10.0 Å². The van der Waals surface area contributed by atoms with Crippen molar-refractivity contribution in [1.82, 2.24) is 10.0 Å². The largest absolute Gasteiger partial charge is 0.355 e. The fourth-order valence-corrected chi connectivity index (χ4v) is 5.58. The number of hydrogen-bond acceptors (Lipinski definition) is 3. The zero-order valence-electron chi connectivity index (χ0n) is 19.6. The van der Waals surface area contributed by atoms with Crippen LogP contribution in [-0.2, 0) is 27.7 Å². The Balaban J connectivity index is 1.45. The first kappa shape index (κ1) is 24.6. The maximum atomic E-state index is 13.4. The number of rotatable bonds is 11. The predicted molar refractivity (Wildman–Crippen MR) is 141 cm³/mol. The second-order valence-electron chi connectivity index (χ2n) is 8.57. The first-order valence-electron chi connectivity index (χ1n) is 11.9. The molecule has 0 heterocycles. The Morgan fingerprint density at radius 1 is 0.714 bits per heavy atom. The van der Waals surface area contributed by atoms with E-state index in [9.17, 15) is 13.2 Å². The van der Waals surface area contributed by atoms with Gasteiger partial charge in [0, 0.05) is 11.9 Å². The van der Waals surface area contributed by atoms with Gasteiger partial charge in [-0.3, -0.25) is 4.79 Å². The molecule has 0 aliphatic heterocycles. The summed E-state index contributed by atoms with van der Waals surface area (Å²) in [5.41, 5.74) is 2.15. The molecule has 0 radical (unpaired) electrons. The molecule has 1 amide bonds. The predicted octanol–water partition coefficient (Wildman–Crippen LogP) is 4.87. The number of carbonyl (C=O) groups excluding carboxylic acids is 1. The fraction of sp³-hybridized carbons (Fsp3) is 0.207. The number of sulfonamides is 1. The highest BCUT2D eigenvalue weighted by Gasteiger charge is 2.27. The van der Waals surface area contributed by atoms with Gasteiger partial charge in [-0.2, -0.15) is 4.72 Å². The third-order valence-electron chi connectivity index (χ3n) is 5.97. The summed E-state index contributed by atoms with van der Waals surface area (Å²) >= 11 is 0. The molecule has 0 bridgehead atoms. The van der Waals surface area contributed by atoms with Crippen LogP contribution in [0.4, 0.5) is 0 Å². The lowest BCUT2D eigenvalue weighted by atomic mass is 10.1. The fourth-order valence-electron chi connectivity index (χ4n) is 4.15. The van der Waals surface area contributed by atoms with Crippen LogP contribution in [-0.4, -0.2) is 26.9 Å². The number of amides is 1. The van der Waals surface area contributed by atoms with E-state index in [1.165, 1.54) is 5.56 Å². The molecule has 180 valence electrons. The zero-order chi connectivity index (χ0) is 24.5. The van der Waals surface area contributed by atoms with Crippen molar-refractivity contribution >= 4 is 26.7 Å². The van der Waals surface area contributed by atoms with Crippen LogP contribution >= 0.6 is 0 Å². The van der Waals surface area contributed by atoms with Gasteiger partial charge in [0.2, 0.25) is 15.9 Å². The van der Waals surface area contributed by atoms with E-state index in [1.807, 2.05) is 72.8 Å². The first-order chi connectivity index (χ1) is 17.0. The van der Waals surface area contributed by atoms with Crippen LogP contribution in [0.2, 0.25) is 0 Å². The van der Waals surface area contributed by atoms with Crippen molar-refractivity contribution in [1.29, 1.82) is 0 Å². The van der Waals surface area contributed by atoms with Crippen molar-refractivity contribution in [3.8, 4) is 0 Å². The molecule has 1 atom stereocenters. The van der Waals surface area contributed by atoms with Crippen molar-refractivity contribution in [2.45, 2.75) is 36.6 Å². The number of benzene rings is 4. The maximum absolute atomic E-state index is 13.4. The molecule has 35 heavy (non-hydrogen) atoms. The third-order valence-corrected chi connectivity index (χ3v) is 7.50. The summed E-state index contributed by atoms with van der Waals surface area (Å²) in [6.07, 6.45) is 2.96. The van der Waals surface area contributed by atoms with Gasteiger partial charge < -0.3 is 5.32 Å². The van der Waals surface area contributed by atoms with E-state index in [2.05, 4.69) is 22.2 Å². The molecule has 4 rings (SSSR count). The molecule has 5 nitrogen and oxygen atoms in total. The van der Waals surface area contributed by atoms with E-state index in [0.717, 1.165) is 30.2 Å². The van der Waals surface area contributed by atoms with Gasteiger partial charge in [-0.25, -0.2) is 8.42 Å². The Morgan fingerprint density at radius 2 is 1.34 bits per heavy atom. The maximum Gasteiger partial charge on any atom is 0.241 e. The van der Waals surface area contributed by atoms with Crippen LogP contribution in [0.25, 0.3) is 10.8 Å². The molecule has 0 aliphatic rings. The molecule has 0 fully saturated rings. The smallest absolute Gasteiger partial charge is 0.241 e. The van der Waals surface area contributed by atoms with E-state index in [1.54, 1.807) is 18.2 Å². The quantitative estimate of drug-likeness (QED) is 0.297. The average Bonchev–Trinajstić information content (AvgIpc) is 2.88. The summed E-state index contributed by atoms with van der Waals surface area (Å²) in [5.74, 6) is -0.322. The molecule has 6 heteroatoms. The van der Waals surface area contributed by atoms with E-state index in [0.29, 0.717) is 11.9 Å². The van der Waals surface area contributed by atoms with Crippen LogP contribution in [0.15, 0.2) is 108 Å². The minimum Gasteiger partial charge on any atom is -0.355 e. The second kappa shape index (κ2) is 11.8. The van der Waals surface area contributed by atoms with Gasteiger partial charge in [0.25, 0.3) is 0 Å². The molecule has 0 saturated carbocycles. The number of carbonyl (C=O) groups is 1. The van der Waals surface area contributed by atoms with Gasteiger partial charge >= 0.3 is 0 Å². The molecule has 0 aliphatic carbocycles. The lowest BCUT2D eigenvalue weighted by molar-refractivity contribution is -0.122. The Kier molecular flexibility index (Phi) is 8.29. The van der Waals surface area contributed by atoms with Gasteiger partial charge in [-0.05, 0) is 48.3 Å². The van der Waals surface area contributed by atoms with E-state index >= 15 is 0 Å². The number of hydrogen-bond donors (Lipinski definition) is 2. The van der Waals surface area contributed by atoms with Crippen molar-refractivity contribution in [3.05, 3.63) is 114 Å². The summed E-state index contributed by atoms with van der Waals surface area (Å²) in [6, 6.07) is 31.3. The number of aryl methyl sites for hydroxylation is 1. The van der Waals surface area contributed by atoms with Crippen LogP contribution in [0.1, 0.15) is 24.0 Å². The highest BCUT2D eigenvalue weighted by atomic mass is 32.2. The van der Waals surface area contributed by atoms with E-state index in [-0.39, 0.29) is 17.2 Å². The van der Waals surface area contributed by atoms with Crippen molar-refractivity contribution < 1.29 is 13.2 Å². The monoisotopic (exact) mass is 486 g/mol. The van der Waals surface area contributed by atoms with Gasteiger partial charge in [0.1, 0.15) is 6.04 Å². The molecule has 4 aromatic rings. The SMILES string of the molecule is O=C(NCCCCc1ccccc1)C(Cc1ccccc1)NS(=O)(=O)c1cccc2ccccc12. The highest BCUT2D eigenvalue weighted by Crippen LogP contribution is 2.23. The lowest BCUT2D eigenvalue weighted by Gasteiger charge is -2.19. The lowest BCUT2D eigenvalue weighted by Crippen LogP contribution is -2.48. The topological polar surface area (TPSA) is 75.3 Å². The molecular weight excluding hydrogens is 456 g/mol. The molecule has 0 spiro atoms. The molecule has 0 saturated heterocycles. The van der Waals surface area contributed by atoms with Crippen LogP contribution in [0, 0.1) is 0 Å². The van der Waals surface area contributed by atoms with Crippen molar-refractivity contribution in [2.24, 2.45) is 0 Å². The summed E-state index contributed by atoms with van der Waals surface area (Å²) in [4.78, 5) is 13.3. The Morgan fingerprint density at radius 3 is 2.09 bits per heavy atom. The van der Waals surface area contributed by atoms with Gasteiger partial charge in [-0.15, -0.1) is 0 Å². The third kappa shape index (κ3) is 6.78. The molecule has 1 unspecified atom stereocenters. The van der Waals surface area contributed by atoms with Crippen molar-refractivity contribution in [3.63, 3.8) is 0 Å². The van der Waals surface area contributed by atoms with Gasteiger partial charge in [0.05, 0.1) is 4.90 Å². The van der Waals surface area contributed by atoms with Crippen LogP contribution in [0.3, 0.4) is 0 Å². The molecular formula is C29H30N2O3S. The summed E-state index contributed by atoms with van der Waals surface area (Å²) in [5, 5.41) is 4.39. The van der Waals surface area contributed by atoms with Crippen LogP contribution in [0.5, 0.6) is 0 Å². The standard InChI is InChI=1S/C29H30N2O3S/c32-29(30-21-10-9-14-23-12-3-1-4-13-23)27(22-24-15-5-2-6-16-24)31-35(33,34)28-20-11-18-25-17-7-8-19-26(25)28/h1-8,11-13,15-20,27,31H,9-10,14,21-22H2,(H,30,32). The summed E-state index contributed by atoms with van der Waals surface area (Å²) < 4.78 is 29.5.